The van der Waals surface area contributed by atoms with Crippen molar-refractivity contribution < 1.29 is 9.63 Å². The topological polar surface area (TPSA) is 87.8 Å². The lowest BCUT2D eigenvalue weighted by molar-refractivity contribution is 0.278. The maximum Gasteiger partial charge on any atom is 0.227 e. The van der Waals surface area contributed by atoms with Crippen molar-refractivity contribution >= 4 is 23.1 Å². The third-order valence-electron chi connectivity index (χ3n) is 4.14. The van der Waals surface area contributed by atoms with Crippen molar-refractivity contribution in [3.63, 3.8) is 0 Å². The van der Waals surface area contributed by atoms with Gasteiger partial charge in [0.25, 0.3) is 0 Å². The quantitative estimate of drug-likeness (QED) is 0.556. The zero-order valence-corrected chi connectivity index (χ0v) is 14.1. The highest BCUT2D eigenvalue weighted by Crippen LogP contribution is 2.24. The van der Waals surface area contributed by atoms with Gasteiger partial charge in [0.1, 0.15) is 0 Å². The van der Waals surface area contributed by atoms with Crippen molar-refractivity contribution in [1.29, 1.82) is 0 Å². The van der Waals surface area contributed by atoms with Crippen molar-refractivity contribution in [2.45, 2.75) is 12.8 Å². The number of H-pyrrole nitrogens is 1. The summed E-state index contributed by atoms with van der Waals surface area (Å²) in [6.07, 6.45) is 5.16. The van der Waals surface area contributed by atoms with E-state index in [2.05, 4.69) is 20.3 Å². The Balaban J connectivity index is 1.64. The van der Waals surface area contributed by atoms with Gasteiger partial charge in [0.05, 0.1) is 11.2 Å². The van der Waals surface area contributed by atoms with Crippen molar-refractivity contribution in [2.75, 3.05) is 6.61 Å². The summed E-state index contributed by atoms with van der Waals surface area (Å²) in [7, 11) is 0. The molecule has 4 aromatic rings. The number of aliphatic hydroxyl groups is 1. The highest BCUT2D eigenvalue weighted by atomic mass is 16.5. The molecule has 0 bridgehead atoms. The van der Waals surface area contributed by atoms with Crippen LogP contribution in [0, 0.1) is 0 Å². The number of aromatic nitrogens is 4. The van der Waals surface area contributed by atoms with E-state index in [1.165, 1.54) is 0 Å². The first-order valence-corrected chi connectivity index (χ1v) is 8.49. The van der Waals surface area contributed by atoms with Gasteiger partial charge in [-0.2, -0.15) is 10.1 Å². The van der Waals surface area contributed by atoms with Gasteiger partial charge in [0, 0.05) is 24.0 Å². The molecule has 2 aromatic carbocycles. The highest BCUT2D eigenvalue weighted by molar-refractivity contribution is 5.90. The van der Waals surface area contributed by atoms with Crippen LogP contribution >= 0.6 is 0 Å². The summed E-state index contributed by atoms with van der Waals surface area (Å²) in [6.45, 7) is 0.106. The number of fused-ring (bicyclic) bond motifs is 1. The van der Waals surface area contributed by atoms with Gasteiger partial charge in [-0.3, -0.25) is 5.10 Å². The fraction of sp³-hybridized carbons (Fsp3) is 0.150. The number of nitrogens with zero attached hydrogens (tertiary/aromatic N) is 3. The molecule has 6 nitrogen and oxygen atoms in total. The van der Waals surface area contributed by atoms with Crippen molar-refractivity contribution in [3.8, 4) is 11.4 Å². The van der Waals surface area contributed by atoms with Crippen LogP contribution in [0.2, 0.25) is 0 Å². The molecule has 26 heavy (non-hydrogen) atoms. The van der Waals surface area contributed by atoms with Gasteiger partial charge >= 0.3 is 0 Å². The second-order valence-corrected chi connectivity index (χ2v) is 5.91. The van der Waals surface area contributed by atoms with E-state index in [4.69, 9.17) is 9.63 Å². The Kier molecular flexibility index (Phi) is 4.57. The molecule has 2 N–H and O–H groups in total. The van der Waals surface area contributed by atoms with Crippen molar-refractivity contribution in [3.05, 3.63) is 65.7 Å². The summed E-state index contributed by atoms with van der Waals surface area (Å²) in [5, 5.41) is 21.5. The molecule has 130 valence electrons. The Morgan fingerprint density at radius 1 is 1.04 bits per heavy atom. The summed E-state index contributed by atoms with van der Waals surface area (Å²) in [5.74, 6) is 1.08. The molecule has 6 heteroatoms. The Hall–Kier alpha value is -3.25. The highest BCUT2D eigenvalue weighted by Gasteiger charge is 2.11. The SMILES string of the molecule is OCCCc1nc(-c2ccccc2C=Cc2n[nH]c3ccccc23)no1. The van der Waals surface area contributed by atoms with Crippen molar-refractivity contribution in [1.82, 2.24) is 20.3 Å². The van der Waals surface area contributed by atoms with Crippen molar-refractivity contribution in [2.24, 2.45) is 0 Å². The summed E-state index contributed by atoms with van der Waals surface area (Å²) in [5.41, 5.74) is 3.76. The number of rotatable bonds is 6. The largest absolute Gasteiger partial charge is 0.396 e. The molecule has 0 radical (unpaired) electrons. The molecule has 0 saturated heterocycles. The minimum Gasteiger partial charge on any atom is -0.396 e. The van der Waals surface area contributed by atoms with Gasteiger partial charge in [-0.25, -0.2) is 0 Å². The van der Waals surface area contributed by atoms with Crippen LogP contribution in [0.15, 0.2) is 53.1 Å². The van der Waals surface area contributed by atoms with E-state index >= 15 is 0 Å². The normalized spacial score (nSPS) is 11.6. The standard InChI is InChI=1S/C20H18N4O2/c25-13-5-10-19-21-20(24-26-19)15-7-2-1-6-14(15)11-12-18-16-8-3-4-9-17(16)22-23-18/h1-4,6-9,11-12,25H,5,10,13H2,(H,22,23). The second kappa shape index (κ2) is 7.33. The summed E-state index contributed by atoms with van der Waals surface area (Å²) < 4.78 is 5.27. The van der Waals surface area contributed by atoms with Crippen LogP contribution in [0.3, 0.4) is 0 Å². The fourth-order valence-corrected chi connectivity index (χ4v) is 2.82. The van der Waals surface area contributed by atoms with E-state index in [1.807, 2.05) is 60.7 Å². The average Bonchev–Trinajstić information content (AvgIpc) is 3.32. The van der Waals surface area contributed by atoms with Gasteiger partial charge in [0.2, 0.25) is 11.7 Å². The van der Waals surface area contributed by atoms with Gasteiger partial charge in [-0.15, -0.1) is 0 Å². The summed E-state index contributed by atoms with van der Waals surface area (Å²) in [6, 6.07) is 15.9. The van der Waals surface area contributed by atoms with E-state index in [1.54, 1.807) is 0 Å². The average molecular weight is 346 g/mol. The molecule has 0 fully saturated rings. The molecule has 0 atom stereocenters. The van der Waals surface area contributed by atoms with Crippen LogP contribution in [0.5, 0.6) is 0 Å². The molecule has 0 aliphatic rings. The molecule has 0 unspecified atom stereocenters. The number of aliphatic hydroxyl groups excluding tert-OH is 1. The predicted octanol–water partition coefficient (Wildman–Crippen LogP) is 3.71. The number of benzene rings is 2. The Bertz CT molecular complexity index is 1050. The maximum atomic E-state index is 8.92. The van der Waals surface area contributed by atoms with Crippen LogP contribution in [-0.2, 0) is 6.42 Å². The van der Waals surface area contributed by atoms with E-state index in [9.17, 15) is 0 Å². The maximum absolute atomic E-state index is 8.92. The van der Waals surface area contributed by atoms with Gasteiger partial charge < -0.3 is 9.63 Å². The number of hydrogen-bond donors (Lipinski definition) is 2. The van der Waals surface area contributed by atoms with E-state index < -0.39 is 0 Å². The lowest BCUT2D eigenvalue weighted by atomic mass is 10.1. The van der Waals surface area contributed by atoms with Crippen LogP contribution in [0.25, 0.3) is 34.4 Å². The molecule has 0 saturated carbocycles. The van der Waals surface area contributed by atoms with E-state index in [0.717, 1.165) is 27.7 Å². The van der Waals surface area contributed by atoms with E-state index in [-0.39, 0.29) is 6.61 Å². The minimum absolute atomic E-state index is 0.106. The Morgan fingerprint density at radius 2 is 1.88 bits per heavy atom. The zero-order chi connectivity index (χ0) is 17.8. The molecule has 0 spiro atoms. The Morgan fingerprint density at radius 3 is 2.81 bits per heavy atom. The lowest BCUT2D eigenvalue weighted by Gasteiger charge is -2.00. The number of nitrogens with one attached hydrogen (secondary N) is 1. The first-order valence-electron chi connectivity index (χ1n) is 8.49. The Labute approximate surface area is 150 Å². The lowest BCUT2D eigenvalue weighted by Crippen LogP contribution is -1.90. The smallest absolute Gasteiger partial charge is 0.227 e. The van der Waals surface area contributed by atoms with Gasteiger partial charge in [0.15, 0.2) is 0 Å². The molecule has 4 rings (SSSR count). The molecular formula is C20H18N4O2. The molecule has 2 heterocycles. The summed E-state index contributed by atoms with van der Waals surface area (Å²) in [4.78, 5) is 4.43. The number of aromatic amines is 1. The van der Waals surface area contributed by atoms with Gasteiger partial charge in [-0.05, 0) is 24.1 Å². The van der Waals surface area contributed by atoms with Gasteiger partial charge in [-0.1, -0.05) is 53.7 Å². The molecule has 0 aliphatic heterocycles. The van der Waals surface area contributed by atoms with Crippen LogP contribution < -0.4 is 0 Å². The predicted molar refractivity (Wildman–Crippen MR) is 100 cm³/mol. The first-order chi connectivity index (χ1) is 12.8. The van der Waals surface area contributed by atoms with E-state index in [0.29, 0.717) is 24.6 Å². The minimum atomic E-state index is 0.106. The summed E-state index contributed by atoms with van der Waals surface area (Å²) >= 11 is 0. The zero-order valence-electron chi connectivity index (χ0n) is 14.1. The fourth-order valence-electron chi connectivity index (χ4n) is 2.82. The molecular weight excluding hydrogens is 328 g/mol. The van der Waals surface area contributed by atoms with Crippen LogP contribution in [-0.4, -0.2) is 32.1 Å². The third kappa shape index (κ3) is 3.27. The number of hydrogen-bond acceptors (Lipinski definition) is 5. The molecule has 0 amide bonds. The number of aryl methyl sites for hydroxylation is 1. The second-order valence-electron chi connectivity index (χ2n) is 5.91. The first kappa shape index (κ1) is 16.2. The number of para-hydroxylation sites is 1. The van der Waals surface area contributed by atoms with Crippen LogP contribution in [0.1, 0.15) is 23.6 Å². The third-order valence-corrected chi connectivity index (χ3v) is 4.14. The molecule has 2 aromatic heterocycles. The molecule has 0 aliphatic carbocycles. The monoisotopic (exact) mass is 346 g/mol. The van der Waals surface area contributed by atoms with Crippen LogP contribution in [0.4, 0.5) is 0 Å².